The summed E-state index contributed by atoms with van der Waals surface area (Å²) < 4.78 is 19.5. The molecule has 4 nitrogen and oxygen atoms in total. The van der Waals surface area contributed by atoms with Gasteiger partial charge in [-0.2, -0.15) is 0 Å². The van der Waals surface area contributed by atoms with E-state index in [0.717, 1.165) is 0 Å². The van der Waals surface area contributed by atoms with Gasteiger partial charge in [0.15, 0.2) is 6.61 Å². The molecule has 108 valence electrons. The Bertz CT molecular complexity index is 715. The predicted octanol–water partition coefficient (Wildman–Crippen LogP) is 2.51. The molecule has 0 bridgehead atoms. The van der Waals surface area contributed by atoms with Crippen LogP contribution in [-0.4, -0.2) is 12.5 Å². The minimum atomic E-state index is -0.603. The van der Waals surface area contributed by atoms with Crippen LogP contribution in [0.25, 0.3) is 0 Å². The van der Waals surface area contributed by atoms with E-state index in [-0.39, 0.29) is 18.3 Å². The number of hydrogen-bond acceptors (Lipinski definition) is 3. The fraction of sp³-hybridized carbons (Fsp3) is 0.188. The van der Waals surface area contributed by atoms with E-state index in [4.69, 9.17) is 10.5 Å². The van der Waals surface area contributed by atoms with Crippen LogP contribution in [0.4, 0.5) is 10.1 Å². The molecule has 3 rings (SSSR count). The molecule has 2 aromatic rings. The summed E-state index contributed by atoms with van der Waals surface area (Å²) in [6.07, 6.45) is 0. The number of halogens is 1. The summed E-state index contributed by atoms with van der Waals surface area (Å²) in [5.74, 6) is 0.0771. The Labute approximate surface area is 121 Å². The number of hydrogen-bond donors (Lipinski definition) is 2. The molecular formula is C16H15FN2O2. The van der Waals surface area contributed by atoms with Gasteiger partial charge in [0.2, 0.25) is 0 Å². The summed E-state index contributed by atoms with van der Waals surface area (Å²) in [7, 11) is 0. The van der Waals surface area contributed by atoms with Crippen LogP contribution in [0.2, 0.25) is 0 Å². The molecule has 1 aliphatic heterocycles. The van der Waals surface area contributed by atoms with Gasteiger partial charge in [-0.15, -0.1) is 0 Å². The number of fused-ring (bicyclic) bond motifs is 1. The van der Waals surface area contributed by atoms with Crippen molar-refractivity contribution in [3.05, 3.63) is 58.9 Å². The van der Waals surface area contributed by atoms with E-state index in [2.05, 4.69) is 5.32 Å². The molecule has 0 fully saturated rings. The zero-order chi connectivity index (χ0) is 15.0. The minimum absolute atomic E-state index is 0.00487. The first-order valence-corrected chi connectivity index (χ1v) is 6.63. The number of nitrogens with one attached hydrogen (secondary N) is 1. The van der Waals surface area contributed by atoms with Gasteiger partial charge in [-0.25, -0.2) is 4.39 Å². The van der Waals surface area contributed by atoms with Crippen LogP contribution in [0, 0.1) is 12.7 Å². The number of ether oxygens (including phenoxy) is 1. The molecule has 1 aliphatic rings. The second kappa shape index (κ2) is 5.18. The van der Waals surface area contributed by atoms with Gasteiger partial charge in [0.05, 0.1) is 11.7 Å². The van der Waals surface area contributed by atoms with Gasteiger partial charge in [-0.3, -0.25) is 4.79 Å². The summed E-state index contributed by atoms with van der Waals surface area (Å²) in [5.41, 5.74) is 8.42. The van der Waals surface area contributed by atoms with Crippen molar-refractivity contribution in [2.45, 2.75) is 13.0 Å². The summed E-state index contributed by atoms with van der Waals surface area (Å²) in [4.78, 5) is 11.3. The van der Waals surface area contributed by atoms with E-state index < -0.39 is 6.04 Å². The Hall–Kier alpha value is -2.40. The lowest BCUT2D eigenvalue weighted by Gasteiger charge is -2.21. The third kappa shape index (κ3) is 2.48. The number of rotatable bonds is 2. The van der Waals surface area contributed by atoms with Crippen molar-refractivity contribution >= 4 is 11.6 Å². The molecule has 0 saturated carbocycles. The Morgan fingerprint density at radius 3 is 2.95 bits per heavy atom. The Morgan fingerprint density at radius 1 is 1.33 bits per heavy atom. The van der Waals surface area contributed by atoms with Gasteiger partial charge in [0.1, 0.15) is 11.6 Å². The summed E-state index contributed by atoms with van der Waals surface area (Å²) in [5, 5.41) is 2.72. The zero-order valence-corrected chi connectivity index (χ0v) is 11.5. The topological polar surface area (TPSA) is 64.3 Å². The molecule has 3 N–H and O–H groups in total. The highest BCUT2D eigenvalue weighted by Gasteiger charge is 2.20. The summed E-state index contributed by atoms with van der Waals surface area (Å²) in [6.45, 7) is 1.71. The molecule has 0 radical (unpaired) electrons. The van der Waals surface area contributed by atoms with Gasteiger partial charge < -0.3 is 15.8 Å². The molecule has 0 saturated heterocycles. The first kappa shape index (κ1) is 13.6. The SMILES string of the molecule is Cc1cccc(C(N)c2ccc3c(c2)NC(=O)CO3)c1F. The molecule has 5 heteroatoms. The molecule has 2 aromatic carbocycles. The van der Waals surface area contributed by atoms with Crippen LogP contribution in [0.5, 0.6) is 5.75 Å². The molecule has 1 atom stereocenters. The fourth-order valence-corrected chi connectivity index (χ4v) is 2.38. The highest BCUT2D eigenvalue weighted by molar-refractivity contribution is 5.95. The number of nitrogens with two attached hydrogens (primary N) is 1. The maximum Gasteiger partial charge on any atom is 0.262 e. The normalized spacial score (nSPS) is 14.9. The first-order chi connectivity index (χ1) is 10.1. The van der Waals surface area contributed by atoms with E-state index in [1.54, 1.807) is 43.3 Å². The standard InChI is InChI=1S/C16H15FN2O2/c1-9-3-2-4-11(15(9)17)16(18)10-5-6-13-12(7-10)19-14(20)8-21-13/h2-7,16H,8,18H2,1H3,(H,19,20). The Balaban J connectivity index is 1.98. The monoisotopic (exact) mass is 286 g/mol. The Morgan fingerprint density at radius 2 is 2.14 bits per heavy atom. The molecular weight excluding hydrogens is 271 g/mol. The van der Waals surface area contributed by atoms with Crippen LogP contribution in [0.15, 0.2) is 36.4 Å². The predicted molar refractivity (Wildman–Crippen MR) is 77.7 cm³/mol. The minimum Gasteiger partial charge on any atom is -0.482 e. The number of benzene rings is 2. The van der Waals surface area contributed by atoms with Crippen LogP contribution >= 0.6 is 0 Å². The average Bonchev–Trinajstić information content (AvgIpc) is 2.48. The van der Waals surface area contributed by atoms with E-state index >= 15 is 0 Å². The van der Waals surface area contributed by atoms with Crippen molar-refractivity contribution in [1.29, 1.82) is 0 Å². The zero-order valence-electron chi connectivity index (χ0n) is 11.5. The smallest absolute Gasteiger partial charge is 0.262 e. The number of amides is 1. The molecule has 1 amide bonds. The van der Waals surface area contributed by atoms with E-state index in [1.165, 1.54) is 0 Å². The average molecular weight is 286 g/mol. The number of carbonyl (C=O) groups is 1. The van der Waals surface area contributed by atoms with Crippen molar-refractivity contribution in [2.75, 3.05) is 11.9 Å². The molecule has 21 heavy (non-hydrogen) atoms. The second-order valence-electron chi connectivity index (χ2n) is 5.05. The number of carbonyl (C=O) groups excluding carboxylic acids is 1. The summed E-state index contributed by atoms with van der Waals surface area (Å²) in [6, 6.07) is 9.78. The molecule has 1 unspecified atom stereocenters. The van der Waals surface area contributed by atoms with Crippen molar-refractivity contribution < 1.29 is 13.9 Å². The van der Waals surface area contributed by atoms with Crippen LogP contribution in [0.3, 0.4) is 0 Å². The maximum atomic E-state index is 14.2. The van der Waals surface area contributed by atoms with Crippen molar-refractivity contribution in [3.63, 3.8) is 0 Å². The van der Waals surface area contributed by atoms with Crippen LogP contribution < -0.4 is 15.8 Å². The van der Waals surface area contributed by atoms with E-state index in [9.17, 15) is 9.18 Å². The van der Waals surface area contributed by atoms with Gasteiger partial charge in [0, 0.05) is 5.56 Å². The lowest BCUT2D eigenvalue weighted by molar-refractivity contribution is -0.118. The number of aryl methyl sites for hydroxylation is 1. The fourth-order valence-electron chi connectivity index (χ4n) is 2.38. The van der Waals surface area contributed by atoms with Crippen molar-refractivity contribution in [3.8, 4) is 5.75 Å². The van der Waals surface area contributed by atoms with E-state index in [0.29, 0.717) is 28.1 Å². The highest BCUT2D eigenvalue weighted by Crippen LogP contribution is 2.32. The molecule has 0 aliphatic carbocycles. The molecule has 0 spiro atoms. The molecule has 1 heterocycles. The third-order valence-corrected chi connectivity index (χ3v) is 3.55. The maximum absolute atomic E-state index is 14.2. The van der Waals surface area contributed by atoms with Gasteiger partial charge in [-0.05, 0) is 30.2 Å². The highest BCUT2D eigenvalue weighted by atomic mass is 19.1. The van der Waals surface area contributed by atoms with Gasteiger partial charge in [0.25, 0.3) is 5.91 Å². The van der Waals surface area contributed by atoms with Crippen molar-refractivity contribution in [1.82, 2.24) is 0 Å². The van der Waals surface area contributed by atoms with Crippen molar-refractivity contribution in [2.24, 2.45) is 5.73 Å². The quantitative estimate of drug-likeness (QED) is 0.891. The largest absolute Gasteiger partial charge is 0.482 e. The Kier molecular flexibility index (Phi) is 3.35. The lowest BCUT2D eigenvalue weighted by Crippen LogP contribution is -2.25. The number of anilines is 1. The summed E-state index contributed by atoms with van der Waals surface area (Å²) >= 11 is 0. The second-order valence-corrected chi connectivity index (χ2v) is 5.05. The first-order valence-electron chi connectivity index (χ1n) is 6.63. The van der Waals surface area contributed by atoms with Gasteiger partial charge >= 0.3 is 0 Å². The molecule has 0 aromatic heterocycles. The van der Waals surface area contributed by atoms with E-state index in [1.807, 2.05) is 0 Å². The van der Waals surface area contributed by atoms with Crippen LogP contribution in [0.1, 0.15) is 22.7 Å². The van der Waals surface area contributed by atoms with Gasteiger partial charge in [-0.1, -0.05) is 24.3 Å². The third-order valence-electron chi connectivity index (χ3n) is 3.55. The van der Waals surface area contributed by atoms with Crippen LogP contribution in [-0.2, 0) is 4.79 Å². The lowest BCUT2D eigenvalue weighted by atomic mass is 9.96.